The van der Waals surface area contributed by atoms with Crippen molar-refractivity contribution < 1.29 is 28.6 Å². The van der Waals surface area contributed by atoms with Gasteiger partial charge in [-0.1, -0.05) is 304 Å². The summed E-state index contributed by atoms with van der Waals surface area (Å²) in [7, 11) is 0. The molecule has 0 aromatic rings. The fraction of sp³-hybridized carbons (Fsp3) is 0.712. The molecule has 0 aliphatic rings. The predicted octanol–water partition coefficient (Wildman–Crippen LogP) is 23.0. The molecular weight excluding hydrogens is 973 g/mol. The van der Waals surface area contributed by atoms with Crippen molar-refractivity contribution >= 4 is 17.9 Å². The fourth-order valence-electron chi connectivity index (χ4n) is 9.35. The Morgan fingerprint density at radius 1 is 0.266 bits per heavy atom. The molecule has 0 N–H and O–H groups in total. The Hall–Kier alpha value is -3.93. The minimum absolute atomic E-state index is 0.0842. The summed E-state index contributed by atoms with van der Waals surface area (Å²) in [5, 5.41) is 0. The third-order valence-corrected chi connectivity index (χ3v) is 14.3. The van der Waals surface area contributed by atoms with E-state index in [1.165, 1.54) is 148 Å². The molecule has 0 radical (unpaired) electrons. The summed E-state index contributed by atoms with van der Waals surface area (Å²) in [6, 6.07) is 0. The van der Waals surface area contributed by atoms with Crippen LogP contribution in [0, 0.1) is 0 Å². The molecule has 0 aromatic heterocycles. The van der Waals surface area contributed by atoms with Gasteiger partial charge in [0.25, 0.3) is 0 Å². The second-order valence-electron chi connectivity index (χ2n) is 22.0. The van der Waals surface area contributed by atoms with Gasteiger partial charge in [-0.05, 0) is 103 Å². The standard InChI is InChI=1S/C73H124O6/c1-4-7-10-13-16-19-21-23-25-27-28-29-30-31-32-33-34-35-36-37-38-39-40-41-42-43-44-46-47-49-51-54-57-60-63-66-72(75)78-69-70(68-77-71(74)65-62-59-56-53-18-15-12-9-6-3)79-73(76)67-64-61-58-55-52-50-48-45-26-24-22-20-17-14-11-8-5-2/h7-8,10-11,16-17,19-20,23-26,28-29,31-32,48,50,70H,4-6,9,12-15,18,21-22,27,30,33-47,49,51-69H2,1-3H3/b10-7-,11-8-,19-16-,20-17-,25-23-,26-24-,29-28-,32-31-,50-48-. The molecule has 6 nitrogen and oxygen atoms in total. The molecular formula is C73H124O6. The molecule has 0 saturated carbocycles. The van der Waals surface area contributed by atoms with E-state index >= 15 is 0 Å². The average Bonchev–Trinajstić information content (AvgIpc) is 3.45. The Kier molecular flexibility index (Phi) is 63.3. The number of hydrogen-bond donors (Lipinski definition) is 0. The Balaban J connectivity index is 4.07. The summed E-state index contributed by atoms with van der Waals surface area (Å²) in [6.45, 7) is 6.39. The first kappa shape index (κ1) is 75.1. The van der Waals surface area contributed by atoms with E-state index in [0.29, 0.717) is 19.3 Å². The number of ether oxygens (including phenoxy) is 3. The lowest BCUT2D eigenvalue weighted by Crippen LogP contribution is -2.30. The summed E-state index contributed by atoms with van der Waals surface area (Å²) in [5.74, 6) is -0.900. The van der Waals surface area contributed by atoms with Crippen molar-refractivity contribution in [1.82, 2.24) is 0 Å². The number of allylic oxidation sites excluding steroid dienone is 18. The first-order chi connectivity index (χ1) is 39.0. The van der Waals surface area contributed by atoms with E-state index in [4.69, 9.17) is 14.2 Å². The number of hydrogen-bond acceptors (Lipinski definition) is 6. The molecule has 0 spiro atoms. The molecule has 1 atom stereocenters. The van der Waals surface area contributed by atoms with Crippen molar-refractivity contribution in [2.75, 3.05) is 13.2 Å². The highest BCUT2D eigenvalue weighted by Gasteiger charge is 2.19. The second-order valence-corrected chi connectivity index (χ2v) is 22.0. The average molecular weight is 1100 g/mol. The number of esters is 3. The van der Waals surface area contributed by atoms with Crippen LogP contribution in [-0.2, 0) is 28.6 Å². The third kappa shape index (κ3) is 64.8. The lowest BCUT2D eigenvalue weighted by molar-refractivity contribution is -0.167. The number of carbonyl (C=O) groups is 3. The number of unbranched alkanes of at least 4 members (excludes halogenated alkanes) is 31. The SMILES string of the molecule is CC/C=C\C/C=C\C/C=C\C/C=C\C/C=C\CCCCCCCCCCCCCCCCCCCCCC(=O)OCC(COC(=O)CCCCCCCCCCC)OC(=O)CCCCCC/C=C\C/C=C\C/C=C\C/C=C\CC. The second kappa shape index (κ2) is 66.6. The Labute approximate surface area is 489 Å². The van der Waals surface area contributed by atoms with Crippen molar-refractivity contribution in [3.05, 3.63) is 109 Å². The number of rotatable bonds is 60. The van der Waals surface area contributed by atoms with Crippen molar-refractivity contribution in [2.24, 2.45) is 0 Å². The lowest BCUT2D eigenvalue weighted by Gasteiger charge is -2.18. The van der Waals surface area contributed by atoms with Crippen LogP contribution in [0.15, 0.2) is 109 Å². The molecule has 79 heavy (non-hydrogen) atoms. The predicted molar refractivity (Wildman–Crippen MR) is 343 cm³/mol. The summed E-state index contributed by atoms with van der Waals surface area (Å²) in [4.78, 5) is 38.2. The molecule has 0 heterocycles. The van der Waals surface area contributed by atoms with Gasteiger partial charge in [0.15, 0.2) is 6.10 Å². The van der Waals surface area contributed by atoms with Crippen LogP contribution in [0.2, 0.25) is 0 Å². The highest BCUT2D eigenvalue weighted by Crippen LogP contribution is 2.17. The molecule has 0 rings (SSSR count). The van der Waals surface area contributed by atoms with E-state index in [1.54, 1.807) is 0 Å². The highest BCUT2D eigenvalue weighted by molar-refractivity contribution is 5.71. The largest absolute Gasteiger partial charge is 0.462 e. The summed E-state index contributed by atoms with van der Waals surface area (Å²) in [6.07, 6.45) is 91.3. The van der Waals surface area contributed by atoms with Crippen molar-refractivity contribution in [1.29, 1.82) is 0 Å². The van der Waals surface area contributed by atoms with E-state index in [0.717, 1.165) is 128 Å². The molecule has 0 aromatic carbocycles. The topological polar surface area (TPSA) is 78.9 Å². The van der Waals surface area contributed by atoms with E-state index in [1.807, 2.05) is 0 Å². The lowest BCUT2D eigenvalue weighted by atomic mass is 10.0. The van der Waals surface area contributed by atoms with Crippen LogP contribution in [0.25, 0.3) is 0 Å². The van der Waals surface area contributed by atoms with Crippen LogP contribution in [-0.4, -0.2) is 37.2 Å². The first-order valence-electron chi connectivity index (χ1n) is 33.4. The van der Waals surface area contributed by atoms with Gasteiger partial charge in [0.05, 0.1) is 0 Å². The number of carbonyl (C=O) groups excluding carboxylic acids is 3. The van der Waals surface area contributed by atoms with Gasteiger partial charge in [0.2, 0.25) is 0 Å². The minimum Gasteiger partial charge on any atom is -0.462 e. The normalized spacial score (nSPS) is 12.8. The quantitative estimate of drug-likeness (QED) is 0.0261. The molecule has 452 valence electrons. The summed E-state index contributed by atoms with van der Waals surface area (Å²) < 4.78 is 16.9. The van der Waals surface area contributed by atoms with Crippen LogP contribution in [0.3, 0.4) is 0 Å². The zero-order chi connectivity index (χ0) is 57.1. The van der Waals surface area contributed by atoms with E-state index in [2.05, 4.69) is 130 Å². The van der Waals surface area contributed by atoms with Crippen LogP contribution in [0.1, 0.15) is 316 Å². The van der Waals surface area contributed by atoms with Crippen molar-refractivity contribution in [2.45, 2.75) is 322 Å². The molecule has 0 amide bonds. The molecule has 1 unspecified atom stereocenters. The molecule has 6 heteroatoms. The van der Waals surface area contributed by atoms with E-state index in [9.17, 15) is 14.4 Å². The van der Waals surface area contributed by atoms with Gasteiger partial charge in [-0.2, -0.15) is 0 Å². The van der Waals surface area contributed by atoms with Gasteiger partial charge in [-0.15, -0.1) is 0 Å². The van der Waals surface area contributed by atoms with Gasteiger partial charge in [-0.3, -0.25) is 14.4 Å². The van der Waals surface area contributed by atoms with Crippen LogP contribution in [0.5, 0.6) is 0 Å². The zero-order valence-electron chi connectivity index (χ0n) is 51.9. The molecule has 0 fully saturated rings. The van der Waals surface area contributed by atoms with Crippen LogP contribution in [0.4, 0.5) is 0 Å². The maximum absolute atomic E-state index is 12.9. The summed E-state index contributed by atoms with van der Waals surface area (Å²) in [5.41, 5.74) is 0. The fourth-order valence-corrected chi connectivity index (χ4v) is 9.35. The van der Waals surface area contributed by atoms with Crippen LogP contribution >= 0.6 is 0 Å². The van der Waals surface area contributed by atoms with Crippen molar-refractivity contribution in [3.63, 3.8) is 0 Å². The molecule has 0 saturated heterocycles. The Morgan fingerprint density at radius 2 is 0.494 bits per heavy atom. The monoisotopic (exact) mass is 1100 g/mol. The van der Waals surface area contributed by atoms with Gasteiger partial charge < -0.3 is 14.2 Å². The van der Waals surface area contributed by atoms with Gasteiger partial charge >= 0.3 is 17.9 Å². The first-order valence-corrected chi connectivity index (χ1v) is 33.4. The maximum Gasteiger partial charge on any atom is 0.306 e. The van der Waals surface area contributed by atoms with Gasteiger partial charge in [0.1, 0.15) is 13.2 Å². The van der Waals surface area contributed by atoms with E-state index < -0.39 is 6.10 Å². The zero-order valence-corrected chi connectivity index (χ0v) is 51.9. The summed E-state index contributed by atoms with van der Waals surface area (Å²) >= 11 is 0. The van der Waals surface area contributed by atoms with Gasteiger partial charge in [0, 0.05) is 19.3 Å². The molecule has 0 bridgehead atoms. The Bertz CT molecular complexity index is 1590. The van der Waals surface area contributed by atoms with Crippen LogP contribution < -0.4 is 0 Å². The molecule has 0 aliphatic heterocycles. The smallest absolute Gasteiger partial charge is 0.306 e. The van der Waals surface area contributed by atoms with E-state index in [-0.39, 0.29) is 31.1 Å². The maximum atomic E-state index is 12.9. The van der Waals surface area contributed by atoms with Crippen molar-refractivity contribution in [3.8, 4) is 0 Å². The molecule has 0 aliphatic carbocycles. The van der Waals surface area contributed by atoms with Gasteiger partial charge in [-0.25, -0.2) is 0 Å². The minimum atomic E-state index is -0.788. The Morgan fingerprint density at radius 3 is 0.772 bits per heavy atom. The highest BCUT2D eigenvalue weighted by atomic mass is 16.6. The third-order valence-electron chi connectivity index (χ3n) is 14.3.